The fourth-order valence-electron chi connectivity index (χ4n) is 2.82. The Bertz CT molecular complexity index is 824. The molecule has 1 heterocycles. The maximum Gasteiger partial charge on any atom is 0.416 e. The van der Waals surface area contributed by atoms with Crippen LogP contribution in [0.1, 0.15) is 12.5 Å². The summed E-state index contributed by atoms with van der Waals surface area (Å²) in [5.74, 6) is 1.03. The van der Waals surface area contributed by atoms with Crippen LogP contribution >= 0.6 is 0 Å². The number of nitrogens with one attached hydrogen (secondary N) is 1. The zero-order valence-corrected chi connectivity index (χ0v) is 15.5. The van der Waals surface area contributed by atoms with Gasteiger partial charge in [0.15, 0.2) is 11.5 Å². The van der Waals surface area contributed by atoms with Gasteiger partial charge in [-0.2, -0.15) is 13.2 Å². The summed E-state index contributed by atoms with van der Waals surface area (Å²) in [5.41, 5.74) is -0.449. The van der Waals surface area contributed by atoms with Crippen LogP contribution in [0.15, 0.2) is 48.5 Å². The molecule has 28 heavy (non-hydrogen) atoms. The highest BCUT2D eigenvalue weighted by atomic mass is 19.4. The Morgan fingerprint density at radius 1 is 1.18 bits per heavy atom. The molecular weight excluding hydrogens is 373 g/mol. The Labute approximate surface area is 161 Å². The molecule has 1 aliphatic rings. The number of alkyl halides is 3. The van der Waals surface area contributed by atoms with E-state index in [0.29, 0.717) is 30.3 Å². The highest BCUT2D eigenvalue weighted by Crippen LogP contribution is 2.31. The molecule has 1 aliphatic heterocycles. The predicted octanol–water partition coefficient (Wildman–Crippen LogP) is 3.80. The Hall–Kier alpha value is -2.74. The Kier molecular flexibility index (Phi) is 5.79. The van der Waals surface area contributed by atoms with Crippen molar-refractivity contribution >= 4 is 11.6 Å². The molecule has 0 saturated heterocycles. The van der Waals surface area contributed by atoms with E-state index < -0.39 is 17.8 Å². The number of benzene rings is 2. The van der Waals surface area contributed by atoms with E-state index in [4.69, 9.17) is 9.47 Å². The van der Waals surface area contributed by atoms with Crippen molar-refractivity contribution < 1.29 is 27.4 Å². The monoisotopic (exact) mass is 394 g/mol. The largest absolute Gasteiger partial charge is 0.486 e. The van der Waals surface area contributed by atoms with Gasteiger partial charge >= 0.3 is 6.18 Å². The van der Waals surface area contributed by atoms with Gasteiger partial charge in [-0.15, -0.1) is 0 Å². The van der Waals surface area contributed by atoms with Crippen LogP contribution in [0.5, 0.6) is 11.5 Å². The predicted molar refractivity (Wildman–Crippen MR) is 98.5 cm³/mol. The van der Waals surface area contributed by atoms with Gasteiger partial charge in [-0.05, 0) is 50.4 Å². The van der Waals surface area contributed by atoms with E-state index in [2.05, 4.69) is 5.32 Å². The number of ether oxygens (including phenoxy) is 2. The van der Waals surface area contributed by atoms with Gasteiger partial charge in [-0.1, -0.05) is 12.1 Å². The first kappa shape index (κ1) is 20.0. The van der Waals surface area contributed by atoms with Gasteiger partial charge in [0.25, 0.3) is 0 Å². The molecule has 1 amide bonds. The van der Waals surface area contributed by atoms with E-state index in [1.165, 1.54) is 12.1 Å². The number of rotatable bonds is 5. The summed E-state index contributed by atoms with van der Waals surface area (Å²) in [6.45, 7) is 2.54. The van der Waals surface area contributed by atoms with Crippen molar-refractivity contribution in [1.82, 2.24) is 4.90 Å². The van der Waals surface area contributed by atoms with Crippen molar-refractivity contribution in [2.45, 2.75) is 25.2 Å². The van der Waals surface area contributed by atoms with Crippen molar-refractivity contribution in [1.29, 1.82) is 0 Å². The highest BCUT2D eigenvalue weighted by molar-refractivity contribution is 5.94. The molecule has 0 bridgehead atoms. The first-order chi connectivity index (χ1) is 13.2. The third kappa shape index (κ3) is 4.75. The van der Waals surface area contributed by atoms with Crippen LogP contribution < -0.4 is 14.8 Å². The quantitative estimate of drug-likeness (QED) is 0.838. The summed E-state index contributed by atoms with van der Waals surface area (Å²) in [6, 6.07) is 11.2. The first-order valence-electron chi connectivity index (χ1n) is 8.81. The van der Waals surface area contributed by atoms with Crippen LogP contribution in [0.2, 0.25) is 0 Å². The zero-order chi connectivity index (χ0) is 20.3. The minimum Gasteiger partial charge on any atom is -0.486 e. The maximum atomic E-state index is 12.6. The number of carbonyl (C=O) groups excluding carboxylic acids is 1. The summed E-state index contributed by atoms with van der Waals surface area (Å²) in [5, 5.41) is 2.63. The first-order valence-corrected chi connectivity index (χ1v) is 8.81. The molecule has 8 heteroatoms. The van der Waals surface area contributed by atoms with Crippen LogP contribution in [0.4, 0.5) is 18.9 Å². The van der Waals surface area contributed by atoms with Gasteiger partial charge in [0.2, 0.25) is 5.91 Å². The van der Waals surface area contributed by atoms with E-state index >= 15 is 0 Å². The molecule has 0 radical (unpaired) electrons. The molecule has 0 spiro atoms. The lowest BCUT2D eigenvalue weighted by molar-refractivity contribution is -0.137. The van der Waals surface area contributed by atoms with Gasteiger partial charge in [-0.25, -0.2) is 0 Å². The van der Waals surface area contributed by atoms with Gasteiger partial charge in [-0.3, -0.25) is 9.69 Å². The number of nitrogens with zero attached hydrogens (tertiary/aromatic N) is 1. The fourth-order valence-corrected chi connectivity index (χ4v) is 2.82. The van der Waals surface area contributed by atoms with Gasteiger partial charge in [0.1, 0.15) is 12.7 Å². The number of fused-ring (bicyclic) bond motifs is 1. The summed E-state index contributed by atoms with van der Waals surface area (Å²) >= 11 is 0. The van der Waals surface area contributed by atoms with Crippen LogP contribution in [0.3, 0.4) is 0 Å². The number of halogens is 3. The number of carbonyl (C=O) groups is 1. The Morgan fingerprint density at radius 3 is 2.46 bits per heavy atom. The normalized spacial score (nSPS) is 17.3. The number of anilines is 1. The second-order valence-corrected chi connectivity index (χ2v) is 6.68. The number of likely N-dealkylation sites (N-methyl/N-ethyl adjacent to an activating group) is 1. The average Bonchev–Trinajstić information content (AvgIpc) is 2.67. The smallest absolute Gasteiger partial charge is 0.416 e. The van der Waals surface area contributed by atoms with Crippen LogP contribution in [0.25, 0.3) is 0 Å². The summed E-state index contributed by atoms with van der Waals surface area (Å²) in [7, 11) is 1.78. The van der Waals surface area contributed by atoms with Crippen LogP contribution in [-0.2, 0) is 11.0 Å². The van der Waals surface area contributed by atoms with Crippen molar-refractivity contribution in [2.75, 3.05) is 25.5 Å². The zero-order valence-electron chi connectivity index (χ0n) is 15.5. The lowest BCUT2D eigenvalue weighted by Gasteiger charge is -2.31. The van der Waals surface area contributed by atoms with Crippen LogP contribution in [0, 0.1) is 0 Å². The topological polar surface area (TPSA) is 50.8 Å². The Balaban J connectivity index is 1.54. The molecule has 0 aliphatic carbocycles. The second kappa shape index (κ2) is 8.10. The minimum atomic E-state index is -4.41. The minimum absolute atomic E-state index is 0.235. The molecule has 2 aromatic rings. The lowest BCUT2D eigenvalue weighted by atomic mass is 10.2. The van der Waals surface area contributed by atoms with E-state index in [-0.39, 0.29) is 12.0 Å². The van der Waals surface area contributed by atoms with E-state index in [0.717, 1.165) is 12.1 Å². The van der Waals surface area contributed by atoms with Gasteiger partial charge < -0.3 is 14.8 Å². The SMILES string of the molecule is C[C@@H](C(=O)Nc1ccc(C(F)(F)F)cc1)N(C)C[C@@H]1COc2ccccc2O1. The molecule has 0 saturated carbocycles. The molecule has 1 N–H and O–H groups in total. The molecule has 150 valence electrons. The summed E-state index contributed by atoms with van der Waals surface area (Å²) < 4.78 is 49.4. The summed E-state index contributed by atoms with van der Waals surface area (Å²) in [4.78, 5) is 14.2. The molecule has 0 unspecified atom stereocenters. The van der Waals surface area contributed by atoms with Crippen molar-refractivity contribution in [2.24, 2.45) is 0 Å². The van der Waals surface area contributed by atoms with Gasteiger partial charge in [0.05, 0.1) is 11.6 Å². The molecule has 0 aromatic heterocycles. The third-order valence-electron chi connectivity index (χ3n) is 4.58. The molecule has 0 fully saturated rings. The van der Waals surface area contributed by atoms with Crippen molar-refractivity contribution in [3.8, 4) is 11.5 Å². The molecule has 3 rings (SSSR count). The molecule has 2 atom stereocenters. The van der Waals surface area contributed by atoms with E-state index in [1.807, 2.05) is 24.3 Å². The number of hydrogen-bond acceptors (Lipinski definition) is 4. The number of amides is 1. The van der Waals surface area contributed by atoms with E-state index in [1.54, 1.807) is 18.9 Å². The standard InChI is InChI=1S/C20H21F3N2O3/c1-13(19(26)24-15-9-7-14(8-10-15)20(21,22)23)25(2)11-16-12-27-17-5-3-4-6-18(17)28-16/h3-10,13,16H,11-12H2,1-2H3,(H,24,26)/t13-,16+/m0/s1. The fraction of sp³-hybridized carbons (Fsp3) is 0.350. The highest BCUT2D eigenvalue weighted by Gasteiger charge is 2.30. The van der Waals surface area contributed by atoms with Gasteiger partial charge in [0, 0.05) is 12.2 Å². The lowest BCUT2D eigenvalue weighted by Crippen LogP contribution is -2.46. The van der Waals surface area contributed by atoms with Crippen molar-refractivity contribution in [3.63, 3.8) is 0 Å². The molecule has 2 aromatic carbocycles. The molecular formula is C20H21F3N2O3. The van der Waals surface area contributed by atoms with E-state index in [9.17, 15) is 18.0 Å². The Morgan fingerprint density at radius 2 is 1.82 bits per heavy atom. The maximum absolute atomic E-state index is 12.6. The number of hydrogen-bond donors (Lipinski definition) is 1. The average molecular weight is 394 g/mol. The second-order valence-electron chi connectivity index (χ2n) is 6.68. The van der Waals surface area contributed by atoms with Crippen LogP contribution in [-0.4, -0.2) is 43.2 Å². The van der Waals surface area contributed by atoms with Crippen molar-refractivity contribution in [3.05, 3.63) is 54.1 Å². The molecule has 5 nitrogen and oxygen atoms in total. The third-order valence-corrected chi connectivity index (χ3v) is 4.58. The number of para-hydroxylation sites is 2. The summed E-state index contributed by atoms with van der Waals surface area (Å²) in [6.07, 6.45) is -4.64.